The molecule has 0 saturated heterocycles. The van der Waals surface area contributed by atoms with Crippen LogP contribution in [0, 0.1) is 12.8 Å². The van der Waals surface area contributed by atoms with Gasteiger partial charge >= 0.3 is 0 Å². The second kappa shape index (κ2) is 6.29. The fraction of sp³-hybridized carbons (Fsp3) is 0.588. The quantitative estimate of drug-likeness (QED) is 0.796. The topological polar surface area (TPSA) is 29.5 Å². The average Bonchev–Trinajstić information content (AvgIpc) is 3.22. The summed E-state index contributed by atoms with van der Waals surface area (Å²) in [5.74, 6) is 1.37. The van der Waals surface area contributed by atoms with E-state index in [0.29, 0.717) is 12.0 Å². The largest absolute Gasteiger partial charge is 0.481 e. The molecule has 0 aliphatic heterocycles. The maximum absolute atomic E-state index is 12.5. The van der Waals surface area contributed by atoms with Crippen LogP contribution in [0.5, 0.6) is 5.75 Å². The molecule has 0 spiro atoms. The number of carbonyl (C=O) groups is 1. The molecule has 1 unspecified atom stereocenters. The Bertz CT molecular complexity index is 449. The molecule has 3 heteroatoms. The Balaban J connectivity index is 1.97. The highest BCUT2D eigenvalue weighted by atomic mass is 16.5. The van der Waals surface area contributed by atoms with Crippen LogP contribution in [-0.4, -0.2) is 29.5 Å². The first-order valence-electron chi connectivity index (χ1n) is 7.51. The van der Waals surface area contributed by atoms with Gasteiger partial charge < -0.3 is 9.64 Å². The minimum Gasteiger partial charge on any atom is -0.481 e. The lowest BCUT2D eigenvalue weighted by Crippen LogP contribution is -2.43. The van der Waals surface area contributed by atoms with E-state index in [9.17, 15) is 4.79 Å². The van der Waals surface area contributed by atoms with E-state index in [1.807, 2.05) is 43.0 Å². The zero-order valence-electron chi connectivity index (χ0n) is 12.9. The lowest BCUT2D eigenvalue weighted by atomic mass is 10.2. The predicted molar refractivity (Wildman–Crippen MR) is 80.8 cm³/mol. The van der Waals surface area contributed by atoms with Crippen LogP contribution in [0.25, 0.3) is 0 Å². The van der Waals surface area contributed by atoms with E-state index in [1.54, 1.807) is 0 Å². The van der Waals surface area contributed by atoms with Gasteiger partial charge in [0.15, 0.2) is 6.10 Å². The maximum atomic E-state index is 12.5. The van der Waals surface area contributed by atoms with Gasteiger partial charge in [-0.1, -0.05) is 31.5 Å². The number of nitrogens with zero attached hydrogens (tertiary/aromatic N) is 1. The van der Waals surface area contributed by atoms with Crippen molar-refractivity contribution in [1.29, 1.82) is 0 Å². The van der Waals surface area contributed by atoms with E-state index in [2.05, 4.69) is 13.8 Å². The predicted octanol–water partition coefficient (Wildman–Crippen LogP) is 3.41. The van der Waals surface area contributed by atoms with E-state index in [1.165, 1.54) is 5.56 Å². The second-order valence-corrected chi connectivity index (χ2v) is 6.19. The van der Waals surface area contributed by atoms with E-state index >= 15 is 0 Å². The highest BCUT2D eigenvalue weighted by Crippen LogP contribution is 2.28. The Kier molecular flexibility index (Phi) is 4.69. The first-order valence-corrected chi connectivity index (χ1v) is 7.51. The van der Waals surface area contributed by atoms with Crippen LogP contribution in [0.3, 0.4) is 0 Å². The van der Waals surface area contributed by atoms with Crippen molar-refractivity contribution < 1.29 is 9.53 Å². The molecule has 0 radical (unpaired) electrons. The van der Waals surface area contributed by atoms with E-state index in [-0.39, 0.29) is 5.91 Å². The van der Waals surface area contributed by atoms with Crippen LogP contribution < -0.4 is 4.74 Å². The van der Waals surface area contributed by atoms with Crippen molar-refractivity contribution in [3.05, 3.63) is 29.8 Å². The molecule has 1 aliphatic rings. The van der Waals surface area contributed by atoms with Crippen molar-refractivity contribution in [3.63, 3.8) is 0 Å². The number of carbonyl (C=O) groups excluding carboxylic acids is 1. The van der Waals surface area contributed by atoms with Gasteiger partial charge in [-0.3, -0.25) is 4.79 Å². The van der Waals surface area contributed by atoms with Gasteiger partial charge in [0.25, 0.3) is 5.91 Å². The molecule has 1 saturated carbocycles. The highest BCUT2D eigenvalue weighted by molar-refractivity contribution is 5.81. The second-order valence-electron chi connectivity index (χ2n) is 6.19. The molecular formula is C17H25NO2. The minimum absolute atomic E-state index is 0.113. The molecule has 0 N–H and O–H groups in total. The number of amides is 1. The Morgan fingerprint density at radius 2 is 1.85 bits per heavy atom. The summed E-state index contributed by atoms with van der Waals surface area (Å²) in [4.78, 5) is 14.5. The van der Waals surface area contributed by atoms with Gasteiger partial charge in [0.1, 0.15) is 5.75 Å². The molecule has 1 aliphatic carbocycles. The molecule has 3 nitrogen and oxygen atoms in total. The first-order chi connectivity index (χ1) is 9.47. The number of hydrogen-bond acceptors (Lipinski definition) is 2. The summed E-state index contributed by atoms with van der Waals surface area (Å²) in [6.45, 7) is 9.00. The third-order valence-corrected chi connectivity index (χ3v) is 3.51. The Hall–Kier alpha value is -1.51. The Morgan fingerprint density at radius 3 is 2.35 bits per heavy atom. The normalized spacial score (nSPS) is 16.1. The Labute approximate surface area is 121 Å². The summed E-state index contributed by atoms with van der Waals surface area (Å²) in [5, 5.41) is 0. The number of ether oxygens (including phenoxy) is 1. The highest BCUT2D eigenvalue weighted by Gasteiger charge is 2.35. The van der Waals surface area contributed by atoms with Crippen LogP contribution >= 0.6 is 0 Å². The Morgan fingerprint density at radius 1 is 1.25 bits per heavy atom. The van der Waals surface area contributed by atoms with Crippen molar-refractivity contribution in [2.24, 2.45) is 5.92 Å². The van der Waals surface area contributed by atoms with Crippen LogP contribution in [0.2, 0.25) is 0 Å². The average molecular weight is 275 g/mol. The minimum atomic E-state index is -0.419. The third-order valence-electron chi connectivity index (χ3n) is 3.51. The molecule has 1 aromatic rings. The van der Waals surface area contributed by atoms with Gasteiger partial charge in [-0.2, -0.15) is 0 Å². The van der Waals surface area contributed by atoms with Crippen molar-refractivity contribution in [3.8, 4) is 5.75 Å². The van der Waals surface area contributed by atoms with Crippen molar-refractivity contribution in [2.45, 2.75) is 52.7 Å². The monoisotopic (exact) mass is 275 g/mol. The van der Waals surface area contributed by atoms with E-state index in [0.717, 1.165) is 25.1 Å². The number of hydrogen-bond donors (Lipinski definition) is 0. The van der Waals surface area contributed by atoms with Crippen molar-refractivity contribution in [1.82, 2.24) is 4.90 Å². The summed E-state index contributed by atoms with van der Waals surface area (Å²) in [6.07, 6.45) is 1.85. The molecule has 0 aromatic heterocycles. The lowest BCUT2D eigenvalue weighted by Gasteiger charge is -2.27. The van der Waals surface area contributed by atoms with Crippen LogP contribution in [0.1, 0.15) is 39.2 Å². The molecule has 1 fully saturated rings. The van der Waals surface area contributed by atoms with Gasteiger partial charge in [-0.05, 0) is 44.7 Å². The summed E-state index contributed by atoms with van der Waals surface area (Å²) in [7, 11) is 0. The summed E-state index contributed by atoms with van der Waals surface area (Å²) < 4.78 is 5.78. The zero-order chi connectivity index (χ0) is 14.7. The molecule has 1 amide bonds. The lowest BCUT2D eigenvalue weighted by molar-refractivity contribution is -0.139. The molecule has 20 heavy (non-hydrogen) atoms. The molecule has 110 valence electrons. The molecule has 1 atom stereocenters. The van der Waals surface area contributed by atoms with E-state index in [4.69, 9.17) is 4.74 Å². The van der Waals surface area contributed by atoms with Crippen LogP contribution in [0.4, 0.5) is 0 Å². The summed E-state index contributed by atoms with van der Waals surface area (Å²) >= 11 is 0. The van der Waals surface area contributed by atoms with E-state index < -0.39 is 6.10 Å². The summed E-state index contributed by atoms with van der Waals surface area (Å²) in [6, 6.07) is 8.28. The van der Waals surface area contributed by atoms with Crippen LogP contribution in [0.15, 0.2) is 24.3 Å². The zero-order valence-corrected chi connectivity index (χ0v) is 12.9. The molecular weight excluding hydrogens is 250 g/mol. The maximum Gasteiger partial charge on any atom is 0.263 e. The van der Waals surface area contributed by atoms with Gasteiger partial charge in [-0.15, -0.1) is 0 Å². The molecule has 1 aromatic carbocycles. The summed E-state index contributed by atoms with van der Waals surface area (Å²) in [5.41, 5.74) is 1.19. The van der Waals surface area contributed by atoms with Crippen LogP contribution in [-0.2, 0) is 4.79 Å². The number of aryl methyl sites for hydroxylation is 1. The third kappa shape index (κ3) is 3.99. The van der Waals surface area contributed by atoms with Crippen molar-refractivity contribution in [2.75, 3.05) is 6.54 Å². The van der Waals surface area contributed by atoms with Gasteiger partial charge in [0, 0.05) is 12.6 Å². The van der Waals surface area contributed by atoms with Gasteiger partial charge in [-0.25, -0.2) is 0 Å². The smallest absolute Gasteiger partial charge is 0.263 e. The number of benzene rings is 1. The molecule has 2 rings (SSSR count). The van der Waals surface area contributed by atoms with Gasteiger partial charge in [0.05, 0.1) is 0 Å². The van der Waals surface area contributed by atoms with Gasteiger partial charge in [0.2, 0.25) is 0 Å². The first kappa shape index (κ1) is 14.9. The number of rotatable bonds is 6. The molecule has 0 heterocycles. The fourth-order valence-electron chi connectivity index (χ4n) is 2.30. The standard InChI is InChI=1S/C17H25NO2/c1-12(2)11-18(15-7-8-15)17(19)14(4)20-16-9-5-13(3)6-10-16/h5-6,9-10,12,14-15H,7-8,11H2,1-4H3. The fourth-order valence-corrected chi connectivity index (χ4v) is 2.30. The SMILES string of the molecule is Cc1ccc(OC(C)C(=O)N(CC(C)C)C2CC2)cc1. The van der Waals surface area contributed by atoms with Crippen molar-refractivity contribution >= 4 is 5.91 Å². The molecule has 0 bridgehead atoms.